The van der Waals surface area contributed by atoms with Crippen molar-refractivity contribution in [3.63, 3.8) is 0 Å². The second kappa shape index (κ2) is 6.55. The molecule has 2 atom stereocenters. The Kier molecular flexibility index (Phi) is 4.77. The second-order valence-electron chi connectivity index (χ2n) is 5.33. The molecule has 0 aliphatic heterocycles. The molecule has 20 heavy (non-hydrogen) atoms. The average Bonchev–Trinajstić information content (AvgIpc) is 2.46. The van der Waals surface area contributed by atoms with Gasteiger partial charge in [-0.25, -0.2) is 4.79 Å². The van der Waals surface area contributed by atoms with Gasteiger partial charge in [-0.1, -0.05) is 37.6 Å². The Hall–Kier alpha value is -1.84. The highest BCUT2D eigenvalue weighted by Gasteiger charge is 2.29. The number of carboxylic acid groups (broad SMARTS) is 1. The summed E-state index contributed by atoms with van der Waals surface area (Å²) in [7, 11) is 0. The number of hydrogen-bond acceptors (Lipinski definition) is 2. The minimum Gasteiger partial charge on any atom is -0.480 e. The lowest BCUT2D eigenvalue weighted by Crippen LogP contribution is -2.43. The number of aliphatic carboxylic acids is 1. The van der Waals surface area contributed by atoms with Gasteiger partial charge in [-0.05, 0) is 36.8 Å². The number of amides is 1. The molecule has 2 rings (SSSR count). The number of nitrogens with one attached hydrogen (secondary N) is 1. The van der Waals surface area contributed by atoms with Crippen molar-refractivity contribution in [3.05, 3.63) is 35.4 Å². The van der Waals surface area contributed by atoms with E-state index in [4.69, 9.17) is 5.11 Å². The van der Waals surface area contributed by atoms with E-state index in [1.54, 1.807) is 0 Å². The Bertz CT molecular complexity index is 498. The van der Waals surface area contributed by atoms with Crippen molar-refractivity contribution < 1.29 is 14.7 Å². The predicted molar refractivity (Wildman–Crippen MR) is 76.6 cm³/mol. The SMILES string of the molecule is CCC[C@H](NC(=O)C1CCCc2ccccc21)C(=O)O. The van der Waals surface area contributed by atoms with E-state index in [9.17, 15) is 9.59 Å². The third kappa shape index (κ3) is 3.18. The van der Waals surface area contributed by atoms with Crippen LogP contribution in [0, 0.1) is 0 Å². The van der Waals surface area contributed by atoms with Gasteiger partial charge in [0.25, 0.3) is 0 Å². The number of carbonyl (C=O) groups excluding carboxylic acids is 1. The topological polar surface area (TPSA) is 66.4 Å². The molecule has 4 nitrogen and oxygen atoms in total. The minimum absolute atomic E-state index is 0.155. The van der Waals surface area contributed by atoms with E-state index in [-0.39, 0.29) is 11.8 Å². The summed E-state index contributed by atoms with van der Waals surface area (Å²) < 4.78 is 0. The number of fused-ring (bicyclic) bond motifs is 1. The van der Waals surface area contributed by atoms with E-state index in [0.717, 1.165) is 31.2 Å². The maximum atomic E-state index is 12.4. The first-order valence-corrected chi connectivity index (χ1v) is 7.24. The van der Waals surface area contributed by atoms with Crippen molar-refractivity contribution in [2.24, 2.45) is 0 Å². The van der Waals surface area contributed by atoms with Gasteiger partial charge in [0.1, 0.15) is 6.04 Å². The van der Waals surface area contributed by atoms with Gasteiger partial charge < -0.3 is 10.4 Å². The highest BCUT2D eigenvalue weighted by atomic mass is 16.4. The van der Waals surface area contributed by atoms with Crippen LogP contribution in [0.4, 0.5) is 0 Å². The molecule has 0 heterocycles. The van der Waals surface area contributed by atoms with Crippen LogP contribution in [0.1, 0.15) is 49.7 Å². The van der Waals surface area contributed by atoms with Gasteiger partial charge in [0.15, 0.2) is 0 Å². The van der Waals surface area contributed by atoms with Gasteiger partial charge in [0.2, 0.25) is 5.91 Å². The van der Waals surface area contributed by atoms with E-state index in [1.165, 1.54) is 5.56 Å². The highest BCUT2D eigenvalue weighted by molar-refractivity contribution is 5.88. The molecule has 1 amide bonds. The Balaban J connectivity index is 2.12. The zero-order chi connectivity index (χ0) is 14.5. The Morgan fingerprint density at radius 3 is 2.85 bits per heavy atom. The molecule has 2 N–H and O–H groups in total. The molecule has 1 aliphatic rings. The molecule has 0 bridgehead atoms. The first kappa shape index (κ1) is 14.6. The first-order chi connectivity index (χ1) is 9.63. The fourth-order valence-corrected chi connectivity index (χ4v) is 2.84. The second-order valence-corrected chi connectivity index (χ2v) is 5.33. The summed E-state index contributed by atoms with van der Waals surface area (Å²) in [6, 6.07) is 7.17. The van der Waals surface area contributed by atoms with Crippen LogP contribution < -0.4 is 5.32 Å². The Morgan fingerprint density at radius 2 is 2.15 bits per heavy atom. The van der Waals surface area contributed by atoms with E-state index in [0.29, 0.717) is 6.42 Å². The van der Waals surface area contributed by atoms with Crippen LogP contribution >= 0.6 is 0 Å². The lowest BCUT2D eigenvalue weighted by molar-refractivity contribution is -0.142. The number of benzene rings is 1. The van der Waals surface area contributed by atoms with Crippen LogP contribution in [0.15, 0.2) is 24.3 Å². The molecule has 0 fully saturated rings. The third-order valence-electron chi connectivity index (χ3n) is 3.88. The van der Waals surface area contributed by atoms with Crippen LogP contribution in [0.2, 0.25) is 0 Å². The smallest absolute Gasteiger partial charge is 0.326 e. The van der Waals surface area contributed by atoms with Crippen molar-refractivity contribution in [1.29, 1.82) is 0 Å². The number of rotatable bonds is 5. The normalized spacial score (nSPS) is 18.9. The van der Waals surface area contributed by atoms with E-state index < -0.39 is 12.0 Å². The van der Waals surface area contributed by atoms with Crippen molar-refractivity contribution in [3.8, 4) is 0 Å². The predicted octanol–water partition coefficient (Wildman–Crippen LogP) is 2.48. The standard InChI is InChI=1S/C16H21NO3/c1-2-6-14(16(19)20)17-15(18)13-10-5-8-11-7-3-4-9-12(11)13/h3-4,7,9,13-14H,2,5-6,8,10H2,1H3,(H,17,18)(H,19,20)/t13?,14-/m0/s1. The molecule has 0 spiro atoms. The summed E-state index contributed by atoms with van der Waals surface area (Å²) in [5, 5.41) is 11.8. The molecule has 1 aromatic carbocycles. The first-order valence-electron chi connectivity index (χ1n) is 7.24. The summed E-state index contributed by atoms with van der Waals surface area (Å²) in [6.45, 7) is 1.91. The van der Waals surface area contributed by atoms with E-state index in [2.05, 4.69) is 11.4 Å². The fraction of sp³-hybridized carbons (Fsp3) is 0.500. The van der Waals surface area contributed by atoms with Gasteiger partial charge in [-0.15, -0.1) is 0 Å². The molecule has 0 radical (unpaired) electrons. The lowest BCUT2D eigenvalue weighted by atomic mass is 9.82. The Morgan fingerprint density at radius 1 is 1.40 bits per heavy atom. The van der Waals surface area contributed by atoms with Gasteiger partial charge in [-0.2, -0.15) is 0 Å². The maximum Gasteiger partial charge on any atom is 0.326 e. The van der Waals surface area contributed by atoms with Gasteiger partial charge in [-0.3, -0.25) is 4.79 Å². The monoisotopic (exact) mass is 275 g/mol. The fourth-order valence-electron chi connectivity index (χ4n) is 2.84. The van der Waals surface area contributed by atoms with Crippen LogP contribution in [0.25, 0.3) is 0 Å². The van der Waals surface area contributed by atoms with Crippen molar-refractivity contribution in [2.45, 2.75) is 51.0 Å². The summed E-state index contributed by atoms with van der Waals surface area (Å²) in [5.41, 5.74) is 2.26. The number of carboxylic acids is 1. The number of aryl methyl sites for hydroxylation is 1. The molecule has 1 aromatic rings. The van der Waals surface area contributed by atoms with E-state index >= 15 is 0 Å². The van der Waals surface area contributed by atoms with Crippen LogP contribution in [-0.4, -0.2) is 23.0 Å². The van der Waals surface area contributed by atoms with Crippen molar-refractivity contribution >= 4 is 11.9 Å². The third-order valence-corrected chi connectivity index (χ3v) is 3.88. The molecule has 108 valence electrons. The Labute approximate surface area is 119 Å². The van der Waals surface area contributed by atoms with Gasteiger partial charge in [0.05, 0.1) is 5.92 Å². The molecule has 0 aromatic heterocycles. The van der Waals surface area contributed by atoms with Crippen molar-refractivity contribution in [2.75, 3.05) is 0 Å². The zero-order valence-electron chi connectivity index (χ0n) is 11.8. The lowest BCUT2D eigenvalue weighted by Gasteiger charge is -2.26. The molecule has 0 saturated heterocycles. The van der Waals surface area contributed by atoms with Crippen LogP contribution in [0.3, 0.4) is 0 Å². The zero-order valence-corrected chi connectivity index (χ0v) is 11.8. The molecular weight excluding hydrogens is 254 g/mol. The summed E-state index contributed by atoms with van der Waals surface area (Å²) in [5.74, 6) is -1.32. The molecule has 1 unspecified atom stereocenters. The average molecular weight is 275 g/mol. The highest BCUT2D eigenvalue weighted by Crippen LogP contribution is 2.31. The van der Waals surface area contributed by atoms with Crippen LogP contribution in [-0.2, 0) is 16.0 Å². The largest absolute Gasteiger partial charge is 0.480 e. The van der Waals surface area contributed by atoms with Gasteiger partial charge in [0, 0.05) is 0 Å². The molecule has 4 heteroatoms. The summed E-state index contributed by atoms with van der Waals surface area (Å²) >= 11 is 0. The summed E-state index contributed by atoms with van der Waals surface area (Å²) in [4.78, 5) is 23.5. The molecule has 0 saturated carbocycles. The number of carbonyl (C=O) groups is 2. The quantitative estimate of drug-likeness (QED) is 0.867. The molecular formula is C16H21NO3. The minimum atomic E-state index is -0.954. The molecule has 1 aliphatic carbocycles. The van der Waals surface area contributed by atoms with Gasteiger partial charge >= 0.3 is 5.97 Å². The van der Waals surface area contributed by atoms with E-state index in [1.807, 2.05) is 25.1 Å². The summed E-state index contributed by atoms with van der Waals surface area (Å²) in [6.07, 6.45) is 3.97. The van der Waals surface area contributed by atoms with Crippen LogP contribution in [0.5, 0.6) is 0 Å². The number of hydrogen-bond donors (Lipinski definition) is 2. The maximum absolute atomic E-state index is 12.4. The van der Waals surface area contributed by atoms with Crippen molar-refractivity contribution in [1.82, 2.24) is 5.32 Å².